The van der Waals surface area contributed by atoms with Crippen LogP contribution in [0.2, 0.25) is 0 Å². The molecule has 0 aliphatic carbocycles. The smallest absolute Gasteiger partial charge is 0.333 e. The minimum atomic E-state index is -1.04. The van der Waals surface area contributed by atoms with Gasteiger partial charge in [-0.15, -0.1) is 0 Å². The molecule has 0 radical (unpaired) electrons. The lowest BCUT2D eigenvalue weighted by atomic mass is 9.97. The van der Waals surface area contributed by atoms with Crippen LogP contribution in [0, 0.1) is 5.92 Å². The molecule has 0 aliphatic heterocycles. The molecule has 0 aromatic carbocycles. The summed E-state index contributed by atoms with van der Waals surface area (Å²) in [6.45, 7) is 1.71. The van der Waals surface area contributed by atoms with Crippen molar-refractivity contribution >= 4 is 11.9 Å². The Morgan fingerprint density at radius 1 is 1.06 bits per heavy atom. The van der Waals surface area contributed by atoms with Crippen molar-refractivity contribution in [1.82, 2.24) is 0 Å². The van der Waals surface area contributed by atoms with Gasteiger partial charge in [0.2, 0.25) is 0 Å². The van der Waals surface area contributed by atoms with Gasteiger partial charge in [0.1, 0.15) is 0 Å². The number of carboxylic acids is 2. The summed E-state index contributed by atoms with van der Waals surface area (Å²) in [6.07, 6.45) is -1.13. The number of carbonyl (C=O) groups is 2. The Labute approximate surface area is 94.2 Å². The summed E-state index contributed by atoms with van der Waals surface area (Å²) in [7, 11) is 2.63. The Bertz CT molecular complexity index is 239. The van der Waals surface area contributed by atoms with E-state index in [2.05, 4.69) is 0 Å². The van der Waals surface area contributed by atoms with E-state index in [1.54, 1.807) is 6.92 Å². The first-order chi connectivity index (χ1) is 7.43. The number of aliphatic carboxylic acids is 2. The van der Waals surface area contributed by atoms with Crippen LogP contribution >= 0.6 is 0 Å². The first-order valence-electron chi connectivity index (χ1n) is 4.95. The molecular weight excluding hydrogens is 216 g/mol. The second-order valence-corrected chi connectivity index (χ2v) is 3.61. The van der Waals surface area contributed by atoms with Gasteiger partial charge in [0.05, 0.1) is 0 Å². The quantitative estimate of drug-likeness (QED) is 0.639. The number of rotatable bonds is 8. The molecule has 6 heteroatoms. The van der Waals surface area contributed by atoms with Crippen molar-refractivity contribution in [2.24, 2.45) is 5.92 Å². The summed E-state index contributed by atoms with van der Waals surface area (Å²) in [5, 5.41) is 17.5. The lowest BCUT2D eigenvalue weighted by molar-refractivity contribution is -0.152. The van der Waals surface area contributed by atoms with Crippen LogP contribution in [0.15, 0.2) is 0 Å². The average Bonchev–Trinajstić information content (AvgIpc) is 2.18. The normalized spacial score (nSPS) is 16.4. The van der Waals surface area contributed by atoms with Crippen LogP contribution in [0.4, 0.5) is 0 Å². The molecule has 0 saturated carbocycles. The van der Waals surface area contributed by atoms with Crippen molar-refractivity contribution in [1.29, 1.82) is 0 Å². The molecule has 0 fully saturated rings. The van der Waals surface area contributed by atoms with Crippen LogP contribution in [0.5, 0.6) is 0 Å². The van der Waals surface area contributed by atoms with E-state index >= 15 is 0 Å². The van der Waals surface area contributed by atoms with Crippen LogP contribution in [0.25, 0.3) is 0 Å². The van der Waals surface area contributed by atoms with Gasteiger partial charge in [0.15, 0.2) is 12.2 Å². The van der Waals surface area contributed by atoms with Crippen LogP contribution in [-0.2, 0) is 19.1 Å². The molecule has 6 nitrogen and oxygen atoms in total. The third-order valence-corrected chi connectivity index (χ3v) is 2.46. The zero-order valence-corrected chi connectivity index (χ0v) is 9.67. The summed E-state index contributed by atoms with van der Waals surface area (Å²) in [5.41, 5.74) is 0. The van der Waals surface area contributed by atoms with E-state index in [0.717, 1.165) is 0 Å². The molecule has 0 bridgehead atoms. The number of ether oxygens (including phenoxy) is 2. The topological polar surface area (TPSA) is 93.1 Å². The maximum absolute atomic E-state index is 10.7. The van der Waals surface area contributed by atoms with Crippen LogP contribution in [0.3, 0.4) is 0 Å². The molecule has 0 amide bonds. The Morgan fingerprint density at radius 2 is 1.62 bits per heavy atom. The Hall–Kier alpha value is -1.14. The summed E-state index contributed by atoms with van der Waals surface area (Å²) < 4.78 is 9.56. The molecule has 0 heterocycles. The summed E-state index contributed by atoms with van der Waals surface area (Å²) in [4.78, 5) is 21.4. The van der Waals surface area contributed by atoms with Gasteiger partial charge < -0.3 is 19.7 Å². The first-order valence-corrected chi connectivity index (χ1v) is 4.95. The molecule has 0 aromatic rings. The molecule has 0 aliphatic rings. The number of hydrogen-bond donors (Lipinski definition) is 2. The lowest BCUT2D eigenvalue weighted by Gasteiger charge is -2.19. The van der Waals surface area contributed by atoms with Gasteiger partial charge in [-0.25, -0.2) is 9.59 Å². The fraction of sp³-hybridized carbons (Fsp3) is 0.800. The summed E-state index contributed by atoms with van der Waals surface area (Å²) >= 11 is 0. The molecule has 0 aromatic heterocycles. The van der Waals surface area contributed by atoms with Crippen LogP contribution in [0.1, 0.15) is 19.8 Å². The van der Waals surface area contributed by atoms with E-state index in [0.29, 0.717) is 6.42 Å². The highest BCUT2D eigenvalue weighted by Crippen LogP contribution is 2.16. The zero-order valence-electron chi connectivity index (χ0n) is 9.67. The van der Waals surface area contributed by atoms with Gasteiger partial charge >= 0.3 is 11.9 Å². The first kappa shape index (κ1) is 14.9. The van der Waals surface area contributed by atoms with Crippen molar-refractivity contribution in [2.45, 2.75) is 32.0 Å². The maximum atomic E-state index is 10.7. The highest BCUT2D eigenvalue weighted by Gasteiger charge is 2.26. The van der Waals surface area contributed by atoms with Crippen molar-refractivity contribution in [3.05, 3.63) is 0 Å². The van der Waals surface area contributed by atoms with E-state index in [1.807, 2.05) is 0 Å². The molecule has 94 valence electrons. The SMILES string of the molecule is COC(CCC(C)C(OC)C(=O)O)C(=O)O. The van der Waals surface area contributed by atoms with Gasteiger partial charge in [-0.1, -0.05) is 6.92 Å². The van der Waals surface area contributed by atoms with Gasteiger partial charge in [0.25, 0.3) is 0 Å². The minimum Gasteiger partial charge on any atom is -0.479 e. The monoisotopic (exact) mass is 234 g/mol. The van der Waals surface area contributed by atoms with Gasteiger partial charge in [-0.3, -0.25) is 0 Å². The highest BCUT2D eigenvalue weighted by atomic mass is 16.5. The van der Waals surface area contributed by atoms with Crippen molar-refractivity contribution < 1.29 is 29.3 Å². The second kappa shape index (κ2) is 7.19. The predicted molar refractivity (Wildman–Crippen MR) is 55.3 cm³/mol. The number of carboxylic acid groups (broad SMARTS) is 2. The molecule has 0 spiro atoms. The molecule has 3 atom stereocenters. The van der Waals surface area contributed by atoms with E-state index in [4.69, 9.17) is 19.7 Å². The third-order valence-electron chi connectivity index (χ3n) is 2.46. The summed E-state index contributed by atoms with van der Waals surface area (Å²) in [5.74, 6) is -2.35. The predicted octanol–water partition coefficient (Wildman–Crippen LogP) is 0.602. The second-order valence-electron chi connectivity index (χ2n) is 3.61. The third kappa shape index (κ3) is 4.59. The standard InChI is InChI=1S/C10H18O6/c1-6(8(16-3)10(13)14)4-5-7(15-2)9(11)12/h6-8H,4-5H2,1-3H3,(H,11,12)(H,13,14). The number of methoxy groups -OCH3 is 2. The Kier molecular flexibility index (Phi) is 6.67. The summed E-state index contributed by atoms with van der Waals surface area (Å²) in [6, 6.07) is 0. The molecular formula is C10H18O6. The average molecular weight is 234 g/mol. The van der Waals surface area contributed by atoms with Crippen molar-refractivity contribution in [3.63, 3.8) is 0 Å². The number of hydrogen-bond acceptors (Lipinski definition) is 4. The van der Waals surface area contributed by atoms with Gasteiger partial charge in [-0.05, 0) is 18.8 Å². The van der Waals surface area contributed by atoms with Gasteiger partial charge in [-0.2, -0.15) is 0 Å². The fourth-order valence-corrected chi connectivity index (χ4v) is 1.48. The van der Waals surface area contributed by atoms with Crippen LogP contribution in [-0.4, -0.2) is 48.6 Å². The van der Waals surface area contributed by atoms with E-state index in [-0.39, 0.29) is 12.3 Å². The van der Waals surface area contributed by atoms with Gasteiger partial charge in [0, 0.05) is 14.2 Å². The van der Waals surface area contributed by atoms with Crippen molar-refractivity contribution in [3.8, 4) is 0 Å². The van der Waals surface area contributed by atoms with Crippen LogP contribution < -0.4 is 0 Å². The minimum absolute atomic E-state index is 0.264. The van der Waals surface area contributed by atoms with Crippen molar-refractivity contribution in [2.75, 3.05) is 14.2 Å². The molecule has 0 rings (SSSR count). The molecule has 3 unspecified atom stereocenters. The highest BCUT2D eigenvalue weighted by molar-refractivity contribution is 5.73. The maximum Gasteiger partial charge on any atom is 0.333 e. The van der Waals surface area contributed by atoms with E-state index in [9.17, 15) is 9.59 Å². The van der Waals surface area contributed by atoms with E-state index < -0.39 is 24.1 Å². The molecule has 0 saturated heterocycles. The lowest BCUT2D eigenvalue weighted by Crippen LogP contribution is -2.31. The Balaban J connectivity index is 4.18. The largest absolute Gasteiger partial charge is 0.479 e. The Morgan fingerprint density at radius 3 is 1.94 bits per heavy atom. The fourth-order valence-electron chi connectivity index (χ4n) is 1.48. The molecule has 16 heavy (non-hydrogen) atoms. The molecule has 2 N–H and O–H groups in total. The van der Waals surface area contributed by atoms with E-state index in [1.165, 1.54) is 14.2 Å². The zero-order chi connectivity index (χ0) is 12.7.